The number of nitrogen functional groups attached to an aromatic ring is 1. The van der Waals surface area contributed by atoms with Crippen molar-refractivity contribution in [1.29, 1.82) is 0 Å². The van der Waals surface area contributed by atoms with Gasteiger partial charge < -0.3 is 20.4 Å². The molecule has 2 N–H and O–H groups in total. The van der Waals surface area contributed by atoms with Gasteiger partial charge in [-0.1, -0.05) is 23.7 Å². The van der Waals surface area contributed by atoms with Crippen LogP contribution in [0.5, 0.6) is 11.5 Å². The molecule has 0 amide bonds. The fraction of sp³-hybridized carbons (Fsp3) is 0.0714. The van der Waals surface area contributed by atoms with E-state index in [2.05, 4.69) is 0 Å². The summed E-state index contributed by atoms with van der Waals surface area (Å²) in [7, 11) is 0. The van der Waals surface area contributed by atoms with Crippen LogP contribution in [0.4, 0.5) is 10.1 Å². The van der Waals surface area contributed by atoms with Gasteiger partial charge in [0.15, 0.2) is 17.3 Å². The number of halogens is 2. The number of carboxylic acids is 1. The van der Waals surface area contributed by atoms with Gasteiger partial charge in [0.2, 0.25) is 0 Å². The van der Waals surface area contributed by atoms with Crippen LogP contribution in [0.25, 0.3) is 0 Å². The normalized spacial score (nSPS) is 9.81. The smallest absolute Gasteiger partial charge is 0.550 e. The van der Waals surface area contributed by atoms with Crippen molar-refractivity contribution in [1.82, 2.24) is 0 Å². The Hall–Kier alpha value is -1.27. The van der Waals surface area contributed by atoms with Crippen LogP contribution in [0.2, 0.25) is 5.02 Å². The molecule has 0 heterocycles. The summed E-state index contributed by atoms with van der Waals surface area (Å²) in [4.78, 5) is 10.6. The van der Waals surface area contributed by atoms with Crippen LogP contribution in [0.15, 0.2) is 36.4 Å². The Labute approximate surface area is 148 Å². The van der Waals surface area contributed by atoms with Crippen LogP contribution >= 0.6 is 11.6 Å². The zero-order chi connectivity index (χ0) is 14.7. The maximum atomic E-state index is 13.5. The molecule has 0 radical (unpaired) electrons. The van der Waals surface area contributed by atoms with Crippen molar-refractivity contribution in [2.45, 2.75) is 6.42 Å². The Morgan fingerprint density at radius 1 is 1.29 bits per heavy atom. The van der Waals surface area contributed by atoms with Crippen LogP contribution in [0.1, 0.15) is 5.56 Å². The number of carbonyl (C=O) groups excluding carboxylic acids is 1. The first-order valence-electron chi connectivity index (χ1n) is 5.67. The minimum absolute atomic E-state index is 0. The summed E-state index contributed by atoms with van der Waals surface area (Å²) in [6, 6.07) is 8.57. The summed E-state index contributed by atoms with van der Waals surface area (Å²) in [6.07, 6.45) is -0.403. The van der Waals surface area contributed by atoms with E-state index in [1.807, 2.05) is 0 Å². The van der Waals surface area contributed by atoms with Gasteiger partial charge in [-0.05, 0) is 23.8 Å². The summed E-state index contributed by atoms with van der Waals surface area (Å²) >= 11 is 5.87. The van der Waals surface area contributed by atoms with Gasteiger partial charge in [-0.25, -0.2) is 4.39 Å². The van der Waals surface area contributed by atoms with Crippen LogP contribution < -0.4 is 45.1 Å². The number of rotatable bonds is 4. The van der Waals surface area contributed by atoms with Gasteiger partial charge in [-0.2, -0.15) is 0 Å². The van der Waals surface area contributed by atoms with Gasteiger partial charge >= 0.3 is 29.6 Å². The van der Waals surface area contributed by atoms with E-state index in [1.54, 1.807) is 6.07 Å². The average molecular weight is 318 g/mol. The molecule has 0 aliphatic heterocycles. The third-order valence-corrected chi connectivity index (χ3v) is 2.80. The molecule has 4 nitrogen and oxygen atoms in total. The van der Waals surface area contributed by atoms with Gasteiger partial charge in [0, 0.05) is 23.5 Å². The van der Waals surface area contributed by atoms with Crippen LogP contribution in [-0.4, -0.2) is 5.97 Å². The molecule has 0 atom stereocenters. The summed E-state index contributed by atoms with van der Waals surface area (Å²) in [6.45, 7) is 0. The van der Waals surface area contributed by atoms with Crippen molar-refractivity contribution >= 4 is 23.3 Å². The molecule has 0 aromatic heterocycles. The molecule has 0 saturated carbocycles. The van der Waals surface area contributed by atoms with E-state index >= 15 is 0 Å². The van der Waals surface area contributed by atoms with Gasteiger partial charge in [-0.3, -0.25) is 0 Å². The predicted molar refractivity (Wildman–Crippen MR) is 71.0 cm³/mol. The first-order chi connectivity index (χ1) is 9.47. The molecule has 0 saturated heterocycles. The zero-order valence-corrected chi connectivity index (χ0v) is 14.0. The Morgan fingerprint density at radius 3 is 2.57 bits per heavy atom. The molecular formula is C14H10ClFNNaO3. The second-order valence-electron chi connectivity index (χ2n) is 4.06. The number of carboxylic acid groups (broad SMARTS) is 1. The molecule has 2 rings (SSSR count). The van der Waals surface area contributed by atoms with Crippen molar-refractivity contribution in [3.05, 3.63) is 52.8 Å². The minimum atomic E-state index is -1.30. The van der Waals surface area contributed by atoms with E-state index in [9.17, 15) is 14.3 Å². The molecule has 0 unspecified atom stereocenters. The van der Waals surface area contributed by atoms with Gasteiger partial charge in [-0.15, -0.1) is 0 Å². The zero-order valence-electron chi connectivity index (χ0n) is 11.2. The Bertz CT molecular complexity index is 667. The number of hydrogen-bond donors (Lipinski definition) is 1. The maximum Gasteiger partial charge on any atom is 1.00 e. The largest absolute Gasteiger partial charge is 1.00 e. The average Bonchev–Trinajstić information content (AvgIpc) is 2.37. The molecule has 2 aromatic carbocycles. The molecule has 7 heteroatoms. The molecular weight excluding hydrogens is 308 g/mol. The van der Waals surface area contributed by atoms with E-state index < -0.39 is 18.2 Å². The molecule has 0 fully saturated rings. The predicted octanol–water partition coefficient (Wildman–Crippen LogP) is -0.850. The summed E-state index contributed by atoms with van der Waals surface area (Å²) in [5, 5.41) is 10.9. The first kappa shape index (κ1) is 17.8. The summed E-state index contributed by atoms with van der Waals surface area (Å²) < 4.78 is 18.9. The number of carbonyl (C=O) groups is 1. The number of para-hydroxylation sites is 1. The van der Waals surface area contributed by atoms with Crippen molar-refractivity contribution in [3.8, 4) is 11.5 Å². The van der Waals surface area contributed by atoms with Gasteiger partial charge in [0.05, 0.1) is 5.69 Å². The van der Waals surface area contributed by atoms with Crippen molar-refractivity contribution in [2.24, 2.45) is 0 Å². The fourth-order valence-corrected chi connectivity index (χ4v) is 1.91. The van der Waals surface area contributed by atoms with E-state index in [-0.39, 0.29) is 57.3 Å². The second kappa shape index (κ2) is 7.66. The van der Waals surface area contributed by atoms with Crippen molar-refractivity contribution in [2.75, 3.05) is 5.73 Å². The molecule has 0 bridgehead atoms. The second-order valence-corrected chi connectivity index (χ2v) is 4.49. The standard InChI is InChI=1S/C14H11ClFNO3.Na/c15-9-5-8(6-13(18)19)14(17)12(7-9)20-11-4-2-1-3-10(11)16;/h1-5,7H,6,17H2,(H,18,19);/q;+1/p-1. The SMILES string of the molecule is Nc1c(CC(=O)[O-])cc(Cl)cc1Oc1ccccc1F.[Na+]. The molecule has 0 spiro atoms. The number of aliphatic carboxylic acids is 1. The quantitative estimate of drug-likeness (QED) is 0.589. The number of ether oxygens (including phenoxy) is 1. The number of hydrogen-bond acceptors (Lipinski definition) is 4. The Balaban J connectivity index is 0.00000220. The summed E-state index contributed by atoms with van der Waals surface area (Å²) in [5.74, 6) is -1.79. The van der Waals surface area contributed by atoms with E-state index in [0.717, 1.165) is 0 Å². The Kier molecular flexibility index (Phi) is 6.48. The fourth-order valence-electron chi connectivity index (χ4n) is 1.68. The molecule has 104 valence electrons. The summed E-state index contributed by atoms with van der Waals surface area (Å²) in [5.41, 5.74) is 6.14. The van der Waals surface area contributed by atoms with Crippen molar-refractivity contribution < 1.29 is 48.6 Å². The molecule has 2 aromatic rings. The maximum absolute atomic E-state index is 13.5. The molecule has 0 aliphatic carbocycles. The first-order valence-corrected chi connectivity index (χ1v) is 6.05. The number of nitrogens with two attached hydrogens (primary N) is 1. The molecule has 0 aliphatic rings. The van der Waals surface area contributed by atoms with Crippen LogP contribution in [0, 0.1) is 5.82 Å². The molecule has 21 heavy (non-hydrogen) atoms. The third-order valence-electron chi connectivity index (χ3n) is 2.58. The third kappa shape index (κ3) is 4.61. The van der Waals surface area contributed by atoms with Gasteiger partial charge in [0.1, 0.15) is 0 Å². The van der Waals surface area contributed by atoms with E-state index in [4.69, 9.17) is 22.1 Å². The van der Waals surface area contributed by atoms with Gasteiger partial charge in [0.25, 0.3) is 0 Å². The number of anilines is 1. The van der Waals surface area contributed by atoms with E-state index in [1.165, 1.54) is 30.3 Å². The monoisotopic (exact) mass is 317 g/mol. The minimum Gasteiger partial charge on any atom is -0.550 e. The van der Waals surface area contributed by atoms with Crippen LogP contribution in [0.3, 0.4) is 0 Å². The number of benzene rings is 2. The van der Waals surface area contributed by atoms with Crippen molar-refractivity contribution in [3.63, 3.8) is 0 Å². The topological polar surface area (TPSA) is 75.4 Å². The van der Waals surface area contributed by atoms with Crippen LogP contribution in [-0.2, 0) is 11.2 Å². The van der Waals surface area contributed by atoms with E-state index in [0.29, 0.717) is 0 Å². The Morgan fingerprint density at radius 2 is 1.95 bits per heavy atom.